The Kier molecular flexibility index (Phi) is 7.78. The molecule has 0 aliphatic carbocycles. The standard InChI is InChI=1S/C17H29BrN2/c1-5-7-12-20(13(3)6-2)17(14(4)19)15-10-8-9-11-16(15)18/h8-11,13-14,17H,5-7,12,19H2,1-4H3. The molecule has 0 saturated heterocycles. The molecule has 0 heterocycles. The molecule has 1 aromatic carbocycles. The van der Waals surface area contributed by atoms with Crippen molar-refractivity contribution in [1.29, 1.82) is 0 Å². The summed E-state index contributed by atoms with van der Waals surface area (Å²) in [6.07, 6.45) is 3.59. The molecule has 0 aliphatic rings. The van der Waals surface area contributed by atoms with Crippen molar-refractivity contribution in [2.45, 2.75) is 65.1 Å². The third-order valence-corrected chi connectivity index (χ3v) is 4.73. The first-order valence-corrected chi connectivity index (χ1v) is 8.57. The minimum atomic E-state index is 0.111. The van der Waals surface area contributed by atoms with Gasteiger partial charge in [0.05, 0.1) is 6.04 Å². The van der Waals surface area contributed by atoms with Crippen LogP contribution in [0.2, 0.25) is 0 Å². The second-order valence-corrected chi connectivity index (χ2v) is 6.53. The van der Waals surface area contributed by atoms with E-state index in [0.29, 0.717) is 6.04 Å². The molecule has 0 bridgehead atoms. The van der Waals surface area contributed by atoms with Crippen LogP contribution < -0.4 is 5.73 Å². The summed E-state index contributed by atoms with van der Waals surface area (Å²) in [5.41, 5.74) is 7.64. The molecule has 0 saturated carbocycles. The summed E-state index contributed by atoms with van der Waals surface area (Å²) in [5.74, 6) is 0. The number of hydrogen-bond donors (Lipinski definition) is 1. The molecule has 0 aromatic heterocycles. The Balaban J connectivity index is 3.10. The van der Waals surface area contributed by atoms with Gasteiger partial charge in [0.25, 0.3) is 0 Å². The number of unbranched alkanes of at least 4 members (excludes halogenated alkanes) is 1. The Morgan fingerprint density at radius 3 is 2.35 bits per heavy atom. The molecule has 1 aromatic rings. The molecule has 2 nitrogen and oxygen atoms in total. The molecule has 3 unspecified atom stereocenters. The van der Waals surface area contributed by atoms with Crippen molar-refractivity contribution in [1.82, 2.24) is 4.90 Å². The van der Waals surface area contributed by atoms with Gasteiger partial charge < -0.3 is 5.73 Å². The van der Waals surface area contributed by atoms with E-state index >= 15 is 0 Å². The fourth-order valence-corrected chi connectivity index (χ4v) is 3.21. The average Bonchev–Trinajstić information content (AvgIpc) is 2.43. The smallest absolute Gasteiger partial charge is 0.0510 e. The van der Waals surface area contributed by atoms with Crippen molar-refractivity contribution < 1.29 is 0 Å². The lowest BCUT2D eigenvalue weighted by atomic mass is 9.96. The van der Waals surface area contributed by atoms with Crippen molar-refractivity contribution in [3.63, 3.8) is 0 Å². The second-order valence-electron chi connectivity index (χ2n) is 5.67. The number of rotatable bonds is 8. The van der Waals surface area contributed by atoms with E-state index in [1.54, 1.807) is 0 Å². The Morgan fingerprint density at radius 1 is 1.20 bits per heavy atom. The highest BCUT2D eigenvalue weighted by Crippen LogP contribution is 2.32. The second kappa shape index (κ2) is 8.81. The molecule has 3 atom stereocenters. The van der Waals surface area contributed by atoms with E-state index in [1.165, 1.54) is 18.4 Å². The van der Waals surface area contributed by atoms with Gasteiger partial charge in [-0.25, -0.2) is 0 Å². The van der Waals surface area contributed by atoms with Crippen LogP contribution in [-0.2, 0) is 0 Å². The number of halogens is 1. The summed E-state index contributed by atoms with van der Waals surface area (Å²) < 4.78 is 1.16. The van der Waals surface area contributed by atoms with Gasteiger partial charge in [-0.1, -0.05) is 54.4 Å². The first-order chi connectivity index (χ1) is 9.52. The highest BCUT2D eigenvalue weighted by atomic mass is 79.9. The topological polar surface area (TPSA) is 29.3 Å². The molecule has 1 rings (SSSR count). The van der Waals surface area contributed by atoms with Crippen molar-refractivity contribution >= 4 is 15.9 Å². The predicted molar refractivity (Wildman–Crippen MR) is 91.9 cm³/mol. The number of nitrogens with two attached hydrogens (primary N) is 1. The fraction of sp³-hybridized carbons (Fsp3) is 0.647. The SMILES string of the molecule is CCCCN(C(C)CC)C(c1ccccc1Br)C(C)N. The average molecular weight is 341 g/mol. The van der Waals surface area contributed by atoms with Crippen LogP contribution in [0, 0.1) is 0 Å². The largest absolute Gasteiger partial charge is 0.326 e. The zero-order chi connectivity index (χ0) is 15.1. The molecule has 0 amide bonds. The van der Waals surface area contributed by atoms with E-state index in [4.69, 9.17) is 5.73 Å². The first kappa shape index (κ1) is 17.7. The fourth-order valence-electron chi connectivity index (χ4n) is 2.69. The summed E-state index contributed by atoms with van der Waals surface area (Å²) in [5, 5.41) is 0. The van der Waals surface area contributed by atoms with Gasteiger partial charge in [0.2, 0.25) is 0 Å². The maximum atomic E-state index is 6.34. The Hall–Kier alpha value is -0.380. The van der Waals surface area contributed by atoms with Crippen LogP contribution in [0.3, 0.4) is 0 Å². The third-order valence-electron chi connectivity index (χ3n) is 4.01. The summed E-state index contributed by atoms with van der Waals surface area (Å²) in [6.45, 7) is 10.0. The lowest BCUT2D eigenvalue weighted by molar-refractivity contribution is 0.121. The molecule has 20 heavy (non-hydrogen) atoms. The van der Waals surface area contributed by atoms with Crippen LogP contribution in [-0.4, -0.2) is 23.5 Å². The van der Waals surface area contributed by atoms with Gasteiger partial charge in [0, 0.05) is 16.6 Å². The monoisotopic (exact) mass is 340 g/mol. The van der Waals surface area contributed by atoms with Crippen molar-refractivity contribution in [2.24, 2.45) is 5.73 Å². The Labute approximate surface area is 132 Å². The lowest BCUT2D eigenvalue weighted by Gasteiger charge is -2.39. The van der Waals surface area contributed by atoms with E-state index < -0.39 is 0 Å². The highest BCUT2D eigenvalue weighted by molar-refractivity contribution is 9.10. The van der Waals surface area contributed by atoms with Crippen LogP contribution in [0.15, 0.2) is 28.7 Å². The molecule has 114 valence electrons. The molecular weight excluding hydrogens is 312 g/mol. The van der Waals surface area contributed by atoms with Crippen LogP contribution >= 0.6 is 15.9 Å². The third kappa shape index (κ3) is 4.57. The highest BCUT2D eigenvalue weighted by Gasteiger charge is 2.28. The van der Waals surface area contributed by atoms with Crippen molar-refractivity contribution in [2.75, 3.05) is 6.54 Å². The summed E-state index contributed by atoms with van der Waals surface area (Å²) in [4.78, 5) is 2.58. The van der Waals surface area contributed by atoms with Crippen LogP contribution in [0.1, 0.15) is 58.6 Å². The zero-order valence-electron chi connectivity index (χ0n) is 13.3. The van der Waals surface area contributed by atoms with Crippen molar-refractivity contribution in [3.05, 3.63) is 34.3 Å². The molecule has 0 spiro atoms. The summed E-state index contributed by atoms with van der Waals surface area (Å²) in [7, 11) is 0. The molecule has 0 aliphatic heterocycles. The minimum Gasteiger partial charge on any atom is -0.326 e. The lowest BCUT2D eigenvalue weighted by Crippen LogP contribution is -2.44. The number of hydrogen-bond acceptors (Lipinski definition) is 2. The van der Waals surface area contributed by atoms with Gasteiger partial charge in [0.1, 0.15) is 0 Å². The normalized spacial score (nSPS) is 16.1. The van der Waals surface area contributed by atoms with E-state index in [9.17, 15) is 0 Å². The molecule has 0 fully saturated rings. The summed E-state index contributed by atoms with van der Waals surface area (Å²) in [6, 6.07) is 9.39. The van der Waals surface area contributed by atoms with Gasteiger partial charge in [0.15, 0.2) is 0 Å². The molecule has 0 radical (unpaired) electrons. The van der Waals surface area contributed by atoms with Crippen LogP contribution in [0.25, 0.3) is 0 Å². The number of nitrogens with zero attached hydrogens (tertiary/aromatic N) is 1. The van der Waals surface area contributed by atoms with E-state index in [0.717, 1.165) is 17.4 Å². The van der Waals surface area contributed by atoms with E-state index in [1.807, 2.05) is 0 Å². The van der Waals surface area contributed by atoms with Gasteiger partial charge in [-0.15, -0.1) is 0 Å². The van der Waals surface area contributed by atoms with E-state index in [-0.39, 0.29) is 12.1 Å². The molecule has 3 heteroatoms. The molecular formula is C17H29BrN2. The van der Waals surface area contributed by atoms with Gasteiger partial charge in [-0.05, 0) is 44.9 Å². The maximum Gasteiger partial charge on any atom is 0.0510 e. The number of benzene rings is 1. The Bertz CT molecular complexity index is 392. The van der Waals surface area contributed by atoms with Crippen molar-refractivity contribution in [3.8, 4) is 0 Å². The van der Waals surface area contributed by atoms with Crippen LogP contribution in [0.5, 0.6) is 0 Å². The quantitative estimate of drug-likeness (QED) is 0.740. The predicted octanol–water partition coefficient (Wildman–Crippen LogP) is 4.74. The van der Waals surface area contributed by atoms with Gasteiger partial charge in [-0.2, -0.15) is 0 Å². The van der Waals surface area contributed by atoms with E-state index in [2.05, 4.69) is 72.8 Å². The maximum absolute atomic E-state index is 6.34. The van der Waals surface area contributed by atoms with Gasteiger partial charge in [-0.3, -0.25) is 4.90 Å². The minimum absolute atomic E-state index is 0.111. The Morgan fingerprint density at radius 2 is 1.85 bits per heavy atom. The van der Waals surface area contributed by atoms with Crippen LogP contribution in [0.4, 0.5) is 0 Å². The first-order valence-electron chi connectivity index (χ1n) is 7.78. The molecule has 2 N–H and O–H groups in total. The van der Waals surface area contributed by atoms with Gasteiger partial charge >= 0.3 is 0 Å². The summed E-state index contributed by atoms with van der Waals surface area (Å²) >= 11 is 3.69. The zero-order valence-corrected chi connectivity index (χ0v) is 14.9.